The van der Waals surface area contributed by atoms with Crippen molar-refractivity contribution in [2.75, 3.05) is 17.7 Å². The fourth-order valence-corrected chi connectivity index (χ4v) is 2.76. The summed E-state index contributed by atoms with van der Waals surface area (Å²) >= 11 is 0. The van der Waals surface area contributed by atoms with E-state index < -0.39 is 0 Å². The fourth-order valence-electron chi connectivity index (χ4n) is 2.76. The topological polar surface area (TPSA) is 88.1 Å². The third-order valence-corrected chi connectivity index (χ3v) is 4.05. The number of hydrogen-bond acceptors (Lipinski definition) is 3. The Labute approximate surface area is 157 Å². The molecule has 0 aliphatic rings. The zero-order valence-electron chi connectivity index (χ0n) is 15.2. The van der Waals surface area contributed by atoms with E-state index in [1.165, 1.54) is 7.05 Å². The molecule has 3 amide bonds. The van der Waals surface area contributed by atoms with Crippen molar-refractivity contribution in [3.05, 3.63) is 72.1 Å². The number of carbonyl (C=O) groups is 2. The SMILES string of the molecule is CCc1c(C(=O)Nc2cccc(NC(=O)NC)c2)cnn1-c1ccccc1. The minimum atomic E-state index is -0.323. The van der Waals surface area contributed by atoms with E-state index in [4.69, 9.17) is 0 Å². The van der Waals surface area contributed by atoms with Gasteiger partial charge in [0.2, 0.25) is 0 Å². The Morgan fingerprint density at radius 1 is 1.00 bits per heavy atom. The van der Waals surface area contributed by atoms with E-state index >= 15 is 0 Å². The second-order valence-corrected chi connectivity index (χ2v) is 5.84. The average molecular weight is 363 g/mol. The quantitative estimate of drug-likeness (QED) is 0.649. The van der Waals surface area contributed by atoms with Crippen LogP contribution in [-0.4, -0.2) is 28.8 Å². The summed E-state index contributed by atoms with van der Waals surface area (Å²) in [6.45, 7) is 1.99. The number of carbonyl (C=O) groups excluding carboxylic acids is 2. The molecule has 3 aromatic rings. The van der Waals surface area contributed by atoms with Crippen molar-refractivity contribution in [2.45, 2.75) is 13.3 Å². The summed E-state index contributed by atoms with van der Waals surface area (Å²) in [5, 5.41) is 12.4. The Bertz CT molecular complexity index is 950. The lowest BCUT2D eigenvalue weighted by molar-refractivity contribution is 0.102. The zero-order chi connectivity index (χ0) is 19.2. The molecule has 3 rings (SSSR count). The predicted molar refractivity (Wildman–Crippen MR) is 105 cm³/mol. The summed E-state index contributed by atoms with van der Waals surface area (Å²) in [5.41, 5.74) is 3.43. The molecule has 0 atom stereocenters. The molecule has 1 heterocycles. The van der Waals surface area contributed by atoms with Gasteiger partial charge in [-0.25, -0.2) is 9.48 Å². The van der Waals surface area contributed by atoms with E-state index in [-0.39, 0.29) is 11.9 Å². The molecular formula is C20H21N5O2. The maximum absolute atomic E-state index is 12.8. The van der Waals surface area contributed by atoms with Crippen molar-refractivity contribution in [1.29, 1.82) is 0 Å². The van der Waals surface area contributed by atoms with Crippen LogP contribution in [0, 0.1) is 0 Å². The standard InChI is InChI=1S/C20H21N5O2/c1-3-18-17(13-22-25(18)16-10-5-4-6-11-16)19(26)23-14-8-7-9-15(12-14)24-20(27)21-2/h4-13H,3H2,1-2H3,(H,23,26)(H2,21,24,27). The number of aromatic nitrogens is 2. The van der Waals surface area contributed by atoms with Crippen LogP contribution >= 0.6 is 0 Å². The van der Waals surface area contributed by atoms with Gasteiger partial charge in [0.15, 0.2) is 0 Å². The van der Waals surface area contributed by atoms with E-state index in [9.17, 15) is 9.59 Å². The van der Waals surface area contributed by atoms with Crippen LogP contribution in [0.4, 0.5) is 16.2 Å². The number of hydrogen-bond donors (Lipinski definition) is 3. The molecule has 7 nitrogen and oxygen atoms in total. The first kappa shape index (κ1) is 18.2. The van der Waals surface area contributed by atoms with Crippen molar-refractivity contribution in [3.8, 4) is 5.69 Å². The molecule has 1 aromatic heterocycles. The first-order valence-corrected chi connectivity index (χ1v) is 8.65. The molecule has 2 aromatic carbocycles. The summed E-state index contributed by atoms with van der Waals surface area (Å²) in [4.78, 5) is 24.2. The molecule has 0 bridgehead atoms. The van der Waals surface area contributed by atoms with Gasteiger partial charge in [-0.05, 0) is 36.8 Å². The molecule has 0 fully saturated rings. The maximum atomic E-state index is 12.8. The third kappa shape index (κ3) is 4.14. The minimum Gasteiger partial charge on any atom is -0.341 e. The monoisotopic (exact) mass is 363 g/mol. The first-order valence-electron chi connectivity index (χ1n) is 8.65. The van der Waals surface area contributed by atoms with Crippen molar-refractivity contribution in [1.82, 2.24) is 15.1 Å². The highest BCUT2D eigenvalue weighted by atomic mass is 16.2. The van der Waals surface area contributed by atoms with E-state index in [0.717, 1.165) is 11.4 Å². The Hall–Kier alpha value is -3.61. The molecule has 0 aliphatic heterocycles. The normalized spacial score (nSPS) is 10.3. The largest absolute Gasteiger partial charge is 0.341 e. The Morgan fingerprint density at radius 3 is 2.37 bits per heavy atom. The van der Waals surface area contributed by atoms with Gasteiger partial charge < -0.3 is 16.0 Å². The van der Waals surface area contributed by atoms with E-state index in [1.807, 2.05) is 37.3 Å². The van der Waals surface area contributed by atoms with Gasteiger partial charge in [0.25, 0.3) is 5.91 Å². The van der Waals surface area contributed by atoms with Crippen molar-refractivity contribution >= 4 is 23.3 Å². The number of urea groups is 1. The highest BCUT2D eigenvalue weighted by molar-refractivity contribution is 6.05. The van der Waals surface area contributed by atoms with Crippen LogP contribution in [-0.2, 0) is 6.42 Å². The molecule has 0 aliphatic carbocycles. The number of nitrogens with one attached hydrogen (secondary N) is 3. The lowest BCUT2D eigenvalue weighted by atomic mass is 10.1. The van der Waals surface area contributed by atoms with Gasteiger partial charge in [0, 0.05) is 18.4 Å². The van der Waals surface area contributed by atoms with Gasteiger partial charge in [0.1, 0.15) is 0 Å². The minimum absolute atomic E-state index is 0.244. The Balaban J connectivity index is 1.82. The van der Waals surface area contributed by atoms with Crippen LogP contribution in [0.25, 0.3) is 5.69 Å². The number of amides is 3. The van der Waals surface area contributed by atoms with E-state index in [2.05, 4.69) is 21.0 Å². The second kappa shape index (κ2) is 8.18. The highest BCUT2D eigenvalue weighted by Crippen LogP contribution is 2.19. The predicted octanol–water partition coefficient (Wildman–Crippen LogP) is 3.44. The van der Waals surface area contributed by atoms with Crippen LogP contribution in [0.15, 0.2) is 60.8 Å². The van der Waals surface area contributed by atoms with Gasteiger partial charge in [-0.15, -0.1) is 0 Å². The molecule has 0 saturated carbocycles. The molecule has 0 saturated heterocycles. The lowest BCUT2D eigenvalue weighted by Gasteiger charge is -2.10. The van der Waals surface area contributed by atoms with Crippen LogP contribution in [0.1, 0.15) is 23.0 Å². The summed E-state index contributed by atoms with van der Waals surface area (Å²) in [6, 6.07) is 16.3. The van der Waals surface area contributed by atoms with Gasteiger partial charge in [-0.3, -0.25) is 4.79 Å². The van der Waals surface area contributed by atoms with Crippen LogP contribution in [0.3, 0.4) is 0 Å². The number of para-hydroxylation sites is 1. The average Bonchev–Trinajstić information content (AvgIpc) is 3.13. The molecular weight excluding hydrogens is 342 g/mol. The van der Waals surface area contributed by atoms with Gasteiger partial charge in [-0.1, -0.05) is 31.2 Å². The number of rotatable bonds is 5. The molecule has 7 heteroatoms. The molecule has 138 valence electrons. The van der Waals surface area contributed by atoms with Crippen molar-refractivity contribution in [2.24, 2.45) is 0 Å². The van der Waals surface area contributed by atoms with Crippen LogP contribution < -0.4 is 16.0 Å². The second-order valence-electron chi connectivity index (χ2n) is 5.84. The van der Waals surface area contributed by atoms with E-state index in [0.29, 0.717) is 23.4 Å². The number of nitrogens with zero attached hydrogens (tertiary/aromatic N) is 2. The molecule has 0 spiro atoms. The van der Waals surface area contributed by atoms with Gasteiger partial charge >= 0.3 is 6.03 Å². The summed E-state index contributed by atoms with van der Waals surface area (Å²) in [7, 11) is 1.54. The number of anilines is 2. The molecule has 0 unspecified atom stereocenters. The lowest BCUT2D eigenvalue weighted by Crippen LogP contribution is -2.24. The Kier molecular flexibility index (Phi) is 5.51. The van der Waals surface area contributed by atoms with Gasteiger partial charge in [-0.2, -0.15) is 5.10 Å². The number of benzene rings is 2. The Morgan fingerprint density at radius 2 is 1.70 bits per heavy atom. The van der Waals surface area contributed by atoms with Crippen molar-refractivity contribution < 1.29 is 9.59 Å². The van der Waals surface area contributed by atoms with Crippen LogP contribution in [0.5, 0.6) is 0 Å². The third-order valence-electron chi connectivity index (χ3n) is 4.05. The fraction of sp³-hybridized carbons (Fsp3) is 0.150. The van der Waals surface area contributed by atoms with Gasteiger partial charge in [0.05, 0.1) is 23.1 Å². The summed E-state index contributed by atoms with van der Waals surface area (Å²) in [6.07, 6.45) is 2.24. The smallest absolute Gasteiger partial charge is 0.318 e. The molecule has 27 heavy (non-hydrogen) atoms. The highest BCUT2D eigenvalue weighted by Gasteiger charge is 2.17. The van der Waals surface area contributed by atoms with Crippen molar-refractivity contribution in [3.63, 3.8) is 0 Å². The van der Waals surface area contributed by atoms with E-state index in [1.54, 1.807) is 35.1 Å². The van der Waals surface area contributed by atoms with Crippen LogP contribution in [0.2, 0.25) is 0 Å². The molecule has 0 radical (unpaired) electrons. The summed E-state index contributed by atoms with van der Waals surface area (Å²) < 4.78 is 1.78. The zero-order valence-corrected chi connectivity index (χ0v) is 15.2. The first-order chi connectivity index (χ1) is 13.1. The summed E-state index contributed by atoms with van der Waals surface area (Å²) in [5.74, 6) is -0.244. The molecule has 3 N–H and O–H groups in total. The maximum Gasteiger partial charge on any atom is 0.318 e.